The fourth-order valence-corrected chi connectivity index (χ4v) is 1.46. The largest absolute Gasteiger partial charge is 0.480 e. The molecule has 0 fully saturated rings. The number of carbonyl (C=O) groups is 2. The van der Waals surface area contributed by atoms with E-state index in [-0.39, 0.29) is 12.4 Å². The standard InChI is InChI=1S/C12H24N4O4/c1-12(2,3)20-11(19)16(4)8(9(17)18)6-5-7-15-10(13)14/h8H,5-7H2,1-4H3,(H,17,18)(H4,13,14,15). The van der Waals surface area contributed by atoms with Crippen molar-refractivity contribution < 1.29 is 19.4 Å². The van der Waals surface area contributed by atoms with E-state index in [2.05, 4.69) is 5.32 Å². The normalized spacial score (nSPS) is 12.4. The maximum Gasteiger partial charge on any atom is 0.410 e. The summed E-state index contributed by atoms with van der Waals surface area (Å²) in [4.78, 5) is 24.1. The van der Waals surface area contributed by atoms with Gasteiger partial charge in [-0.25, -0.2) is 9.59 Å². The molecular weight excluding hydrogens is 264 g/mol. The smallest absolute Gasteiger partial charge is 0.410 e. The fraction of sp³-hybridized carbons (Fsp3) is 0.750. The number of likely N-dealkylation sites (N-methyl/N-ethyl adjacent to an activating group) is 1. The van der Waals surface area contributed by atoms with Crippen molar-refractivity contribution in [1.82, 2.24) is 10.2 Å². The Bertz CT molecular complexity index is 365. The Labute approximate surface area is 118 Å². The third-order valence-corrected chi connectivity index (χ3v) is 2.40. The number of nitrogens with two attached hydrogens (primary N) is 1. The molecule has 0 bridgehead atoms. The van der Waals surface area contributed by atoms with Crippen molar-refractivity contribution in [3.05, 3.63) is 0 Å². The van der Waals surface area contributed by atoms with Crippen LogP contribution in [0.2, 0.25) is 0 Å². The van der Waals surface area contributed by atoms with E-state index in [1.807, 2.05) is 0 Å². The third-order valence-electron chi connectivity index (χ3n) is 2.40. The molecule has 8 nitrogen and oxygen atoms in total. The molecule has 116 valence electrons. The van der Waals surface area contributed by atoms with Gasteiger partial charge in [0.25, 0.3) is 0 Å². The molecule has 1 unspecified atom stereocenters. The minimum absolute atomic E-state index is 0.169. The predicted octanol–water partition coefficient (Wildman–Crippen LogP) is 0.570. The maximum atomic E-state index is 11.8. The first kappa shape index (κ1) is 18.0. The monoisotopic (exact) mass is 288 g/mol. The maximum absolute atomic E-state index is 11.8. The molecule has 0 spiro atoms. The lowest BCUT2D eigenvalue weighted by Crippen LogP contribution is -2.45. The second-order valence-electron chi connectivity index (χ2n) is 5.43. The van der Waals surface area contributed by atoms with Crippen molar-refractivity contribution >= 4 is 18.0 Å². The van der Waals surface area contributed by atoms with Gasteiger partial charge in [0.05, 0.1) is 0 Å². The van der Waals surface area contributed by atoms with E-state index in [0.29, 0.717) is 13.0 Å². The summed E-state index contributed by atoms with van der Waals surface area (Å²) in [5, 5.41) is 18.7. The summed E-state index contributed by atoms with van der Waals surface area (Å²) in [6, 6.07) is -0.974. The van der Waals surface area contributed by atoms with E-state index < -0.39 is 23.7 Å². The highest BCUT2D eigenvalue weighted by atomic mass is 16.6. The highest BCUT2D eigenvalue weighted by molar-refractivity contribution is 5.80. The van der Waals surface area contributed by atoms with E-state index in [9.17, 15) is 9.59 Å². The van der Waals surface area contributed by atoms with Gasteiger partial charge in [0.15, 0.2) is 5.96 Å². The van der Waals surface area contributed by atoms with Crippen molar-refractivity contribution in [2.45, 2.75) is 45.3 Å². The van der Waals surface area contributed by atoms with Crippen LogP contribution in [0.4, 0.5) is 4.79 Å². The number of amides is 1. The van der Waals surface area contributed by atoms with E-state index in [4.69, 9.17) is 21.0 Å². The number of carboxylic acids is 1. The van der Waals surface area contributed by atoms with Crippen LogP contribution in [0.5, 0.6) is 0 Å². The number of aliphatic carboxylic acids is 1. The molecule has 8 heteroatoms. The number of ether oxygens (including phenoxy) is 1. The second-order valence-corrected chi connectivity index (χ2v) is 5.43. The summed E-state index contributed by atoms with van der Waals surface area (Å²) in [7, 11) is 1.39. The first-order chi connectivity index (χ1) is 9.04. The minimum Gasteiger partial charge on any atom is -0.480 e. The fourth-order valence-electron chi connectivity index (χ4n) is 1.46. The lowest BCUT2D eigenvalue weighted by molar-refractivity contribution is -0.142. The Morgan fingerprint density at radius 3 is 2.40 bits per heavy atom. The predicted molar refractivity (Wildman–Crippen MR) is 74.6 cm³/mol. The molecule has 1 atom stereocenters. The van der Waals surface area contributed by atoms with Crippen molar-refractivity contribution in [2.24, 2.45) is 5.73 Å². The van der Waals surface area contributed by atoms with Crippen LogP contribution in [-0.4, -0.2) is 53.3 Å². The minimum atomic E-state index is -1.10. The lowest BCUT2D eigenvalue weighted by Gasteiger charge is -2.28. The first-order valence-electron chi connectivity index (χ1n) is 6.31. The van der Waals surface area contributed by atoms with Gasteiger partial charge in [0, 0.05) is 13.6 Å². The number of guanidine groups is 1. The van der Waals surface area contributed by atoms with Crippen LogP contribution in [0.1, 0.15) is 33.6 Å². The van der Waals surface area contributed by atoms with Crippen molar-refractivity contribution in [2.75, 3.05) is 13.6 Å². The van der Waals surface area contributed by atoms with Crippen LogP contribution in [0.15, 0.2) is 0 Å². The summed E-state index contributed by atoms with van der Waals surface area (Å²) < 4.78 is 5.13. The molecule has 20 heavy (non-hydrogen) atoms. The zero-order chi connectivity index (χ0) is 15.9. The van der Waals surface area contributed by atoms with Gasteiger partial charge in [-0.1, -0.05) is 0 Å². The topological polar surface area (TPSA) is 129 Å². The SMILES string of the molecule is CN(C(=O)OC(C)(C)C)C(CCCNC(=N)N)C(=O)O. The van der Waals surface area contributed by atoms with Gasteiger partial charge in [0.2, 0.25) is 0 Å². The van der Waals surface area contributed by atoms with Crippen molar-refractivity contribution in [1.29, 1.82) is 5.41 Å². The highest BCUT2D eigenvalue weighted by Crippen LogP contribution is 2.13. The average Bonchev–Trinajstić information content (AvgIpc) is 2.24. The molecular formula is C12H24N4O4. The summed E-state index contributed by atoms with van der Waals surface area (Å²) in [5.41, 5.74) is 4.44. The van der Waals surface area contributed by atoms with Gasteiger partial charge in [0.1, 0.15) is 11.6 Å². The zero-order valence-electron chi connectivity index (χ0n) is 12.4. The van der Waals surface area contributed by atoms with Gasteiger partial charge in [-0.3, -0.25) is 10.3 Å². The number of nitrogens with one attached hydrogen (secondary N) is 2. The van der Waals surface area contributed by atoms with E-state index in [0.717, 1.165) is 4.90 Å². The molecule has 0 rings (SSSR count). The molecule has 1 amide bonds. The van der Waals surface area contributed by atoms with Gasteiger partial charge in [-0.2, -0.15) is 0 Å². The molecule has 0 radical (unpaired) electrons. The number of carboxylic acid groups (broad SMARTS) is 1. The van der Waals surface area contributed by atoms with Gasteiger partial charge in [-0.05, 0) is 33.6 Å². The quantitative estimate of drug-likeness (QED) is 0.321. The third kappa shape index (κ3) is 7.45. The summed E-state index contributed by atoms with van der Waals surface area (Å²) in [6.07, 6.45) is 0.0270. The summed E-state index contributed by atoms with van der Waals surface area (Å²) in [6.45, 7) is 5.52. The van der Waals surface area contributed by atoms with Crippen molar-refractivity contribution in [3.8, 4) is 0 Å². The Balaban J connectivity index is 4.47. The van der Waals surface area contributed by atoms with Crippen LogP contribution >= 0.6 is 0 Å². The summed E-state index contributed by atoms with van der Waals surface area (Å²) in [5.74, 6) is -1.27. The Morgan fingerprint density at radius 2 is 2.00 bits per heavy atom. The van der Waals surface area contributed by atoms with Crippen LogP contribution in [0, 0.1) is 5.41 Å². The number of rotatable bonds is 6. The molecule has 5 N–H and O–H groups in total. The number of nitrogens with zero attached hydrogens (tertiary/aromatic N) is 1. The molecule has 0 saturated carbocycles. The number of carbonyl (C=O) groups excluding carboxylic acids is 1. The van der Waals surface area contributed by atoms with Gasteiger partial charge in [-0.15, -0.1) is 0 Å². The van der Waals surface area contributed by atoms with Crippen LogP contribution in [0.3, 0.4) is 0 Å². The first-order valence-corrected chi connectivity index (χ1v) is 6.31. The molecule has 0 aliphatic heterocycles. The van der Waals surface area contributed by atoms with Gasteiger partial charge < -0.3 is 20.9 Å². The molecule has 0 heterocycles. The lowest BCUT2D eigenvalue weighted by atomic mass is 10.1. The molecule has 0 aromatic heterocycles. The van der Waals surface area contributed by atoms with Gasteiger partial charge >= 0.3 is 12.1 Å². The van der Waals surface area contributed by atoms with Crippen LogP contribution in [0.25, 0.3) is 0 Å². The average molecular weight is 288 g/mol. The van der Waals surface area contributed by atoms with E-state index >= 15 is 0 Å². The van der Waals surface area contributed by atoms with E-state index in [1.54, 1.807) is 20.8 Å². The molecule has 0 aliphatic carbocycles. The Hall–Kier alpha value is -1.99. The molecule has 0 aromatic carbocycles. The molecule has 0 saturated heterocycles. The van der Waals surface area contributed by atoms with Crippen LogP contribution in [-0.2, 0) is 9.53 Å². The number of hydrogen-bond acceptors (Lipinski definition) is 4. The molecule has 0 aromatic rings. The number of hydrogen-bond donors (Lipinski definition) is 4. The van der Waals surface area contributed by atoms with E-state index in [1.165, 1.54) is 7.05 Å². The highest BCUT2D eigenvalue weighted by Gasteiger charge is 2.29. The Kier molecular flexibility index (Phi) is 6.81. The molecule has 0 aliphatic rings. The second kappa shape index (κ2) is 7.56. The summed E-state index contributed by atoms with van der Waals surface area (Å²) >= 11 is 0. The Morgan fingerprint density at radius 1 is 1.45 bits per heavy atom. The van der Waals surface area contributed by atoms with Crippen molar-refractivity contribution in [3.63, 3.8) is 0 Å². The van der Waals surface area contributed by atoms with Crippen LogP contribution < -0.4 is 11.1 Å². The zero-order valence-corrected chi connectivity index (χ0v) is 12.4.